The van der Waals surface area contributed by atoms with Crippen LogP contribution in [0, 0.1) is 11.3 Å². The van der Waals surface area contributed by atoms with Crippen LogP contribution in [0.3, 0.4) is 0 Å². The van der Waals surface area contributed by atoms with Crippen molar-refractivity contribution in [3.8, 4) is 5.75 Å². The third-order valence-corrected chi connectivity index (χ3v) is 4.29. The Hall–Kier alpha value is -1.59. The van der Waals surface area contributed by atoms with Crippen LogP contribution in [0.5, 0.6) is 5.75 Å². The zero-order chi connectivity index (χ0) is 14.0. The smallest absolute Gasteiger partial charge is 0.313 e. The van der Waals surface area contributed by atoms with Gasteiger partial charge in [0.05, 0.1) is 13.2 Å². The number of likely N-dealkylation sites (tertiary alicyclic amines) is 1. The average Bonchev–Trinajstić information content (AvgIpc) is 2.97. The van der Waals surface area contributed by atoms with Crippen LogP contribution < -0.4 is 4.74 Å². The number of carbonyl (C=O) groups is 1. The number of nitrogens with zero attached hydrogens (tertiary/aromatic N) is 1. The van der Waals surface area contributed by atoms with E-state index >= 15 is 0 Å². The van der Waals surface area contributed by atoms with Gasteiger partial charge >= 0.3 is 5.97 Å². The molecular weight excluding hydrogens is 258 g/mol. The van der Waals surface area contributed by atoms with Gasteiger partial charge in [0.15, 0.2) is 0 Å². The fraction of sp³-hybridized carbons (Fsp3) is 0.533. The predicted molar refractivity (Wildman–Crippen MR) is 72.8 cm³/mol. The lowest BCUT2D eigenvalue weighted by molar-refractivity contribution is -0.149. The molecule has 20 heavy (non-hydrogen) atoms. The quantitative estimate of drug-likeness (QED) is 0.873. The summed E-state index contributed by atoms with van der Waals surface area (Å²) < 4.78 is 11.0. The summed E-state index contributed by atoms with van der Waals surface area (Å²) in [4.78, 5) is 13.7. The lowest BCUT2D eigenvalue weighted by atomic mass is 9.81. The number of carboxylic acid groups (broad SMARTS) is 1. The minimum Gasteiger partial charge on any atom is -0.492 e. The van der Waals surface area contributed by atoms with Crippen molar-refractivity contribution in [3.05, 3.63) is 30.3 Å². The van der Waals surface area contributed by atoms with Crippen LogP contribution in [-0.2, 0) is 9.53 Å². The van der Waals surface area contributed by atoms with Gasteiger partial charge in [-0.05, 0) is 12.1 Å². The molecule has 5 nitrogen and oxygen atoms in total. The van der Waals surface area contributed by atoms with Crippen molar-refractivity contribution in [2.24, 2.45) is 11.3 Å². The largest absolute Gasteiger partial charge is 0.492 e. The van der Waals surface area contributed by atoms with E-state index in [0.29, 0.717) is 26.4 Å². The predicted octanol–water partition coefficient (Wildman–Crippen LogP) is 1.10. The SMILES string of the molecule is O=C(O)[C@]12COC[C@H]1CN(CCOc1ccccc1)C2. The molecule has 2 fully saturated rings. The molecule has 1 N–H and O–H groups in total. The maximum atomic E-state index is 11.5. The number of ether oxygens (including phenoxy) is 2. The molecule has 2 atom stereocenters. The zero-order valence-corrected chi connectivity index (χ0v) is 11.3. The molecule has 0 aromatic heterocycles. The van der Waals surface area contributed by atoms with Gasteiger partial charge in [-0.2, -0.15) is 0 Å². The van der Waals surface area contributed by atoms with E-state index in [9.17, 15) is 9.90 Å². The van der Waals surface area contributed by atoms with E-state index in [0.717, 1.165) is 18.8 Å². The molecule has 5 heteroatoms. The van der Waals surface area contributed by atoms with Gasteiger partial charge in [0.25, 0.3) is 0 Å². The van der Waals surface area contributed by atoms with E-state index in [2.05, 4.69) is 4.90 Å². The Morgan fingerprint density at radius 2 is 2.25 bits per heavy atom. The minimum absolute atomic E-state index is 0.108. The molecule has 2 aliphatic heterocycles. The second-order valence-corrected chi connectivity index (χ2v) is 5.57. The highest BCUT2D eigenvalue weighted by atomic mass is 16.5. The van der Waals surface area contributed by atoms with E-state index in [4.69, 9.17) is 9.47 Å². The van der Waals surface area contributed by atoms with Gasteiger partial charge in [0, 0.05) is 25.6 Å². The molecule has 2 heterocycles. The van der Waals surface area contributed by atoms with Crippen LogP contribution in [-0.4, -0.2) is 55.4 Å². The van der Waals surface area contributed by atoms with Gasteiger partial charge in [0.2, 0.25) is 0 Å². The normalized spacial score (nSPS) is 29.3. The molecular formula is C15H19NO4. The number of rotatable bonds is 5. The molecule has 0 spiro atoms. The second-order valence-electron chi connectivity index (χ2n) is 5.57. The topological polar surface area (TPSA) is 59.0 Å². The van der Waals surface area contributed by atoms with Gasteiger partial charge < -0.3 is 14.6 Å². The Morgan fingerprint density at radius 1 is 1.45 bits per heavy atom. The third-order valence-electron chi connectivity index (χ3n) is 4.29. The summed E-state index contributed by atoms with van der Waals surface area (Å²) in [6, 6.07) is 9.67. The molecule has 0 saturated carbocycles. The number of carboxylic acids is 1. The molecule has 0 amide bonds. The Kier molecular flexibility index (Phi) is 3.63. The van der Waals surface area contributed by atoms with Gasteiger partial charge in [-0.3, -0.25) is 9.69 Å². The first-order valence-electron chi connectivity index (χ1n) is 6.92. The van der Waals surface area contributed by atoms with Crippen LogP contribution in [0.4, 0.5) is 0 Å². The number of hydrogen-bond donors (Lipinski definition) is 1. The first-order valence-corrected chi connectivity index (χ1v) is 6.92. The summed E-state index contributed by atoms with van der Waals surface area (Å²) in [7, 11) is 0. The van der Waals surface area contributed by atoms with Gasteiger partial charge in [-0.15, -0.1) is 0 Å². The number of benzene rings is 1. The monoisotopic (exact) mass is 277 g/mol. The van der Waals surface area contributed by atoms with E-state index in [-0.39, 0.29) is 5.92 Å². The first-order chi connectivity index (χ1) is 9.71. The molecule has 0 radical (unpaired) electrons. The standard InChI is InChI=1S/C15H19NO4/c17-14(18)15-10-16(8-12(15)9-19-11-15)6-7-20-13-4-2-1-3-5-13/h1-5,12H,6-11H2,(H,17,18)/t12-,15-/m1/s1. The molecule has 108 valence electrons. The first kappa shape index (κ1) is 13.4. The summed E-state index contributed by atoms with van der Waals surface area (Å²) in [6.07, 6.45) is 0. The van der Waals surface area contributed by atoms with Crippen molar-refractivity contribution in [2.45, 2.75) is 0 Å². The Balaban J connectivity index is 1.52. The average molecular weight is 277 g/mol. The molecule has 2 saturated heterocycles. The lowest BCUT2D eigenvalue weighted by Gasteiger charge is -2.22. The third kappa shape index (κ3) is 2.39. The summed E-state index contributed by atoms with van der Waals surface area (Å²) in [5.74, 6) is 0.228. The Morgan fingerprint density at radius 3 is 2.95 bits per heavy atom. The van der Waals surface area contributed by atoms with E-state index in [1.165, 1.54) is 0 Å². The summed E-state index contributed by atoms with van der Waals surface area (Å²) in [5, 5.41) is 9.46. The molecule has 0 bridgehead atoms. The molecule has 3 rings (SSSR count). The zero-order valence-electron chi connectivity index (χ0n) is 11.3. The van der Waals surface area contributed by atoms with Crippen molar-refractivity contribution in [1.29, 1.82) is 0 Å². The highest BCUT2D eigenvalue weighted by Gasteiger charge is 2.55. The summed E-state index contributed by atoms with van der Waals surface area (Å²) >= 11 is 0. The van der Waals surface area contributed by atoms with E-state index < -0.39 is 11.4 Å². The fourth-order valence-corrected chi connectivity index (χ4v) is 3.12. The van der Waals surface area contributed by atoms with Crippen LogP contribution in [0.1, 0.15) is 0 Å². The van der Waals surface area contributed by atoms with Crippen molar-refractivity contribution in [2.75, 3.05) is 39.5 Å². The van der Waals surface area contributed by atoms with Gasteiger partial charge in [-0.25, -0.2) is 0 Å². The minimum atomic E-state index is -0.730. The molecule has 0 unspecified atom stereocenters. The number of aliphatic carboxylic acids is 1. The number of fused-ring (bicyclic) bond motifs is 1. The van der Waals surface area contributed by atoms with Crippen LogP contribution in [0.2, 0.25) is 0 Å². The molecule has 1 aromatic rings. The number of hydrogen-bond acceptors (Lipinski definition) is 4. The van der Waals surface area contributed by atoms with Crippen molar-refractivity contribution in [1.82, 2.24) is 4.90 Å². The van der Waals surface area contributed by atoms with Gasteiger partial charge in [-0.1, -0.05) is 18.2 Å². The van der Waals surface area contributed by atoms with Crippen molar-refractivity contribution < 1.29 is 19.4 Å². The highest BCUT2D eigenvalue weighted by molar-refractivity contribution is 5.76. The second kappa shape index (κ2) is 5.42. The van der Waals surface area contributed by atoms with Crippen LogP contribution in [0.25, 0.3) is 0 Å². The maximum absolute atomic E-state index is 11.5. The van der Waals surface area contributed by atoms with Crippen LogP contribution >= 0.6 is 0 Å². The lowest BCUT2D eigenvalue weighted by Crippen LogP contribution is -2.39. The van der Waals surface area contributed by atoms with Crippen molar-refractivity contribution >= 4 is 5.97 Å². The highest BCUT2D eigenvalue weighted by Crippen LogP contribution is 2.41. The fourth-order valence-electron chi connectivity index (χ4n) is 3.12. The van der Waals surface area contributed by atoms with Crippen LogP contribution in [0.15, 0.2) is 30.3 Å². The van der Waals surface area contributed by atoms with Gasteiger partial charge in [0.1, 0.15) is 17.8 Å². The van der Waals surface area contributed by atoms with E-state index in [1.807, 2.05) is 30.3 Å². The molecule has 1 aromatic carbocycles. The molecule has 2 aliphatic rings. The molecule has 0 aliphatic carbocycles. The number of para-hydroxylation sites is 1. The Bertz CT molecular complexity index is 478. The maximum Gasteiger partial charge on any atom is 0.313 e. The van der Waals surface area contributed by atoms with Crippen molar-refractivity contribution in [3.63, 3.8) is 0 Å². The van der Waals surface area contributed by atoms with E-state index in [1.54, 1.807) is 0 Å². The summed E-state index contributed by atoms with van der Waals surface area (Å²) in [6.45, 7) is 3.56. The Labute approximate surface area is 118 Å². The summed E-state index contributed by atoms with van der Waals surface area (Å²) in [5.41, 5.74) is -0.702.